The smallest absolute Gasteiger partial charge is 0.301 e. The van der Waals surface area contributed by atoms with E-state index in [2.05, 4.69) is 20.6 Å². The van der Waals surface area contributed by atoms with Crippen LogP contribution >= 0.6 is 12.2 Å². The van der Waals surface area contributed by atoms with E-state index in [4.69, 9.17) is 16.6 Å². The lowest BCUT2D eigenvalue weighted by molar-refractivity contribution is 0.351. The molecule has 0 unspecified atom stereocenters. The van der Waals surface area contributed by atoms with Crippen molar-refractivity contribution in [3.8, 4) is 0 Å². The number of hydrogen-bond acceptors (Lipinski definition) is 4. The van der Waals surface area contributed by atoms with Gasteiger partial charge in [0.1, 0.15) is 11.6 Å². The predicted molar refractivity (Wildman–Crippen MR) is 86.6 cm³/mol. The zero-order chi connectivity index (χ0) is 14.8. The fourth-order valence-electron chi connectivity index (χ4n) is 2.16. The highest BCUT2D eigenvalue weighted by molar-refractivity contribution is 7.80. The highest BCUT2D eigenvalue weighted by Gasteiger charge is 2.23. The standard InChI is InChI=1S/C15H18N4OS/c1-9-6-13(16-7-10(9)2)18-15(21)19-14-17-8-12(20-14)11-4-3-5-11/h6-8,11H,3-5H2,1-2H3,(H2,16,17,18,19,21). The first-order valence-electron chi connectivity index (χ1n) is 7.09. The third-order valence-corrected chi connectivity index (χ3v) is 4.07. The van der Waals surface area contributed by atoms with E-state index in [-0.39, 0.29) is 0 Å². The summed E-state index contributed by atoms with van der Waals surface area (Å²) in [6.07, 6.45) is 7.24. The van der Waals surface area contributed by atoms with Gasteiger partial charge in [-0.3, -0.25) is 5.32 Å². The average molecular weight is 302 g/mol. The van der Waals surface area contributed by atoms with Crippen molar-refractivity contribution in [3.05, 3.63) is 35.3 Å². The van der Waals surface area contributed by atoms with E-state index in [9.17, 15) is 0 Å². The van der Waals surface area contributed by atoms with Gasteiger partial charge in [-0.1, -0.05) is 6.42 Å². The molecule has 1 aliphatic rings. The normalized spacial score (nSPS) is 14.6. The lowest BCUT2D eigenvalue weighted by Crippen LogP contribution is -2.20. The number of nitrogens with one attached hydrogen (secondary N) is 2. The van der Waals surface area contributed by atoms with Crippen LogP contribution < -0.4 is 10.6 Å². The lowest BCUT2D eigenvalue weighted by Gasteiger charge is -2.22. The van der Waals surface area contributed by atoms with Crippen LogP contribution in [0.25, 0.3) is 0 Å². The number of oxazole rings is 1. The maximum Gasteiger partial charge on any atom is 0.301 e. The minimum Gasteiger partial charge on any atom is -0.428 e. The van der Waals surface area contributed by atoms with Crippen LogP contribution in [-0.4, -0.2) is 15.1 Å². The molecule has 0 saturated heterocycles. The van der Waals surface area contributed by atoms with Gasteiger partial charge in [0, 0.05) is 12.1 Å². The van der Waals surface area contributed by atoms with Crippen molar-refractivity contribution in [3.63, 3.8) is 0 Å². The average Bonchev–Trinajstić information content (AvgIpc) is 2.79. The van der Waals surface area contributed by atoms with Crippen molar-refractivity contribution in [2.45, 2.75) is 39.0 Å². The molecule has 0 bridgehead atoms. The van der Waals surface area contributed by atoms with Gasteiger partial charge in [-0.2, -0.15) is 0 Å². The summed E-state index contributed by atoms with van der Waals surface area (Å²) < 4.78 is 5.67. The Morgan fingerprint density at radius 1 is 1.19 bits per heavy atom. The van der Waals surface area contributed by atoms with Crippen LogP contribution in [-0.2, 0) is 0 Å². The van der Waals surface area contributed by atoms with Crippen LogP contribution in [0.15, 0.2) is 22.9 Å². The largest absolute Gasteiger partial charge is 0.428 e. The summed E-state index contributed by atoms with van der Waals surface area (Å²) in [5, 5.41) is 6.41. The molecular formula is C15H18N4OS. The number of hydrogen-bond donors (Lipinski definition) is 2. The van der Waals surface area contributed by atoms with Crippen molar-refractivity contribution in [2.75, 3.05) is 10.6 Å². The van der Waals surface area contributed by atoms with Crippen LogP contribution in [0.3, 0.4) is 0 Å². The third-order valence-electron chi connectivity index (χ3n) is 3.87. The van der Waals surface area contributed by atoms with Gasteiger partial charge in [0.15, 0.2) is 5.11 Å². The van der Waals surface area contributed by atoms with Crippen LogP contribution in [0.2, 0.25) is 0 Å². The van der Waals surface area contributed by atoms with E-state index in [0.717, 1.165) is 11.3 Å². The van der Waals surface area contributed by atoms with Crippen molar-refractivity contribution in [1.82, 2.24) is 9.97 Å². The topological polar surface area (TPSA) is 63.0 Å². The van der Waals surface area contributed by atoms with Gasteiger partial charge in [0.2, 0.25) is 0 Å². The maximum absolute atomic E-state index is 5.67. The second-order valence-corrected chi connectivity index (χ2v) is 5.84. The Morgan fingerprint density at radius 3 is 2.67 bits per heavy atom. The molecule has 1 saturated carbocycles. The fourth-order valence-corrected chi connectivity index (χ4v) is 2.36. The first-order chi connectivity index (χ1) is 10.1. The van der Waals surface area contributed by atoms with E-state index in [0.29, 0.717) is 22.9 Å². The van der Waals surface area contributed by atoms with Gasteiger partial charge in [-0.05, 0) is 56.1 Å². The van der Waals surface area contributed by atoms with E-state index < -0.39 is 0 Å². The van der Waals surface area contributed by atoms with Crippen LogP contribution in [0.4, 0.5) is 11.8 Å². The van der Waals surface area contributed by atoms with Crippen LogP contribution in [0.1, 0.15) is 42.1 Å². The molecule has 3 rings (SSSR count). The lowest BCUT2D eigenvalue weighted by atomic mass is 9.84. The summed E-state index contributed by atoms with van der Waals surface area (Å²) in [7, 11) is 0. The molecule has 0 spiro atoms. The molecule has 6 heteroatoms. The van der Waals surface area contributed by atoms with E-state index in [1.807, 2.05) is 26.1 Å². The number of rotatable bonds is 3. The zero-order valence-corrected chi connectivity index (χ0v) is 13.0. The monoisotopic (exact) mass is 302 g/mol. The number of aromatic nitrogens is 2. The van der Waals surface area contributed by atoms with Crippen molar-refractivity contribution in [1.29, 1.82) is 0 Å². The highest BCUT2D eigenvalue weighted by atomic mass is 32.1. The van der Waals surface area contributed by atoms with Gasteiger partial charge in [-0.25, -0.2) is 9.97 Å². The molecule has 0 aliphatic heterocycles. The Kier molecular flexibility index (Phi) is 3.88. The van der Waals surface area contributed by atoms with E-state index in [1.165, 1.54) is 24.8 Å². The molecule has 1 fully saturated rings. The Hall–Kier alpha value is -1.95. The van der Waals surface area contributed by atoms with Crippen LogP contribution in [0, 0.1) is 13.8 Å². The summed E-state index contributed by atoms with van der Waals surface area (Å²) in [6, 6.07) is 2.39. The molecule has 0 atom stereocenters. The number of nitrogens with zero attached hydrogens (tertiary/aromatic N) is 2. The van der Waals surface area contributed by atoms with Gasteiger partial charge < -0.3 is 9.73 Å². The van der Waals surface area contributed by atoms with Gasteiger partial charge in [0.25, 0.3) is 0 Å². The predicted octanol–water partition coefficient (Wildman–Crippen LogP) is 3.76. The Labute approximate surface area is 129 Å². The summed E-state index contributed by atoms with van der Waals surface area (Å²) in [5.41, 5.74) is 2.32. The first kappa shape index (κ1) is 14.0. The van der Waals surface area contributed by atoms with E-state index >= 15 is 0 Å². The van der Waals surface area contributed by atoms with Gasteiger partial charge in [0.05, 0.1) is 6.20 Å². The van der Waals surface area contributed by atoms with Crippen LogP contribution in [0.5, 0.6) is 0 Å². The molecule has 0 amide bonds. The molecule has 0 radical (unpaired) electrons. The number of aryl methyl sites for hydroxylation is 2. The molecule has 0 aromatic carbocycles. The first-order valence-corrected chi connectivity index (χ1v) is 7.49. The quantitative estimate of drug-likeness (QED) is 0.842. The Bertz CT molecular complexity index is 663. The fraction of sp³-hybridized carbons (Fsp3) is 0.400. The molecule has 21 heavy (non-hydrogen) atoms. The van der Waals surface area contributed by atoms with Crippen molar-refractivity contribution >= 4 is 29.2 Å². The molecular weight excluding hydrogens is 284 g/mol. The molecule has 2 aromatic heterocycles. The highest BCUT2D eigenvalue weighted by Crippen LogP contribution is 2.37. The molecule has 2 aromatic rings. The van der Waals surface area contributed by atoms with Gasteiger partial charge >= 0.3 is 6.01 Å². The molecule has 5 nitrogen and oxygen atoms in total. The maximum atomic E-state index is 5.67. The molecule has 1 aliphatic carbocycles. The zero-order valence-electron chi connectivity index (χ0n) is 12.1. The van der Waals surface area contributed by atoms with E-state index in [1.54, 1.807) is 6.20 Å². The number of thiocarbonyl (C=S) groups is 1. The summed E-state index contributed by atoms with van der Waals surface area (Å²) in [6.45, 7) is 4.06. The number of anilines is 2. The summed E-state index contributed by atoms with van der Waals surface area (Å²) >= 11 is 5.25. The Balaban J connectivity index is 1.60. The van der Waals surface area contributed by atoms with Crippen molar-refractivity contribution < 1.29 is 4.42 Å². The minimum atomic E-state index is 0.424. The minimum absolute atomic E-state index is 0.424. The second-order valence-electron chi connectivity index (χ2n) is 5.43. The Morgan fingerprint density at radius 2 is 2.00 bits per heavy atom. The molecule has 2 heterocycles. The summed E-state index contributed by atoms with van der Waals surface area (Å²) in [5.74, 6) is 2.17. The second kappa shape index (κ2) is 5.81. The van der Waals surface area contributed by atoms with Crippen molar-refractivity contribution in [2.24, 2.45) is 0 Å². The third kappa shape index (κ3) is 3.21. The summed E-state index contributed by atoms with van der Waals surface area (Å²) in [4.78, 5) is 8.49. The van der Waals surface area contributed by atoms with Gasteiger partial charge in [-0.15, -0.1) is 0 Å². The molecule has 110 valence electrons. The SMILES string of the molecule is Cc1cnc(NC(=S)Nc2ncc(C3CCC3)o2)cc1C. The molecule has 2 N–H and O–H groups in total. The number of pyridine rings is 1.